The zero-order valence-electron chi connectivity index (χ0n) is 14.5. The second-order valence-corrected chi connectivity index (χ2v) is 8.31. The predicted octanol–water partition coefficient (Wildman–Crippen LogP) is 2.85. The number of unbranched alkanes of at least 4 members (excludes halogenated alkanes) is 1. The van der Waals surface area contributed by atoms with Gasteiger partial charge >= 0.3 is 6.09 Å². The third kappa shape index (κ3) is 4.95. The van der Waals surface area contributed by atoms with Gasteiger partial charge in [-0.3, -0.25) is 4.90 Å². The van der Waals surface area contributed by atoms with Gasteiger partial charge in [-0.1, -0.05) is 39.3 Å². The van der Waals surface area contributed by atoms with Crippen LogP contribution < -0.4 is 9.62 Å². The van der Waals surface area contributed by atoms with Crippen molar-refractivity contribution in [2.24, 2.45) is 0 Å². The molecule has 0 aliphatic carbocycles. The van der Waals surface area contributed by atoms with E-state index in [2.05, 4.69) is 18.6 Å². The van der Waals surface area contributed by atoms with Crippen molar-refractivity contribution >= 4 is 21.8 Å². The second-order valence-electron chi connectivity index (χ2n) is 6.38. The van der Waals surface area contributed by atoms with E-state index < -0.39 is 22.2 Å². The Labute approximate surface area is 144 Å². The first-order valence-electron chi connectivity index (χ1n) is 8.38. The molecule has 2 rings (SSSR count). The maximum atomic E-state index is 12.0. The second kappa shape index (κ2) is 7.98. The summed E-state index contributed by atoms with van der Waals surface area (Å²) in [4.78, 5) is 13.6. The van der Waals surface area contributed by atoms with Crippen molar-refractivity contribution in [3.63, 3.8) is 0 Å². The number of amides is 1. The molecule has 1 aromatic carbocycles. The minimum Gasteiger partial charge on any atom is -0.443 e. The molecule has 1 saturated heterocycles. The predicted molar refractivity (Wildman–Crippen MR) is 94.8 cm³/mol. The lowest BCUT2D eigenvalue weighted by Gasteiger charge is -2.14. The lowest BCUT2D eigenvalue weighted by molar-refractivity contribution is 0.143. The van der Waals surface area contributed by atoms with E-state index in [0.29, 0.717) is 18.9 Å². The quantitative estimate of drug-likeness (QED) is 0.779. The first-order chi connectivity index (χ1) is 11.3. The monoisotopic (exact) mass is 354 g/mol. The van der Waals surface area contributed by atoms with E-state index in [1.807, 2.05) is 31.2 Å². The Morgan fingerprint density at radius 1 is 1.29 bits per heavy atom. The fraction of sp³-hybridized carbons (Fsp3) is 0.588. The fourth-order valence-corrected chi connectivity index (χ4v) is 3.76. The number of benzene rings is 1. The highest BCUT2D eigenvalue weighted by atomic mass is 32.2. The number of hydrogen-bond acceptors (Lipinski definition) is 4. The van der Waals surface area contributed by atoms with Gasteiger partial charge in [0.15, 0.2) is 0 Å². The van der Waals surface area contributed by atoms with Gasteiger partial charge in [0.05, 0.1) is 12.3 Å². The van der Waals surface area contributed by atoms with Gasteiger partial charge in [-0.15, -0.1) is 0 Å². The van der Waals surface area contributed by atoms with Gasteiger partial charge in [0.1, 0.15) is 6.10 Å². The average Bonchev–Trinajstić information content (AvgIpc) is 2.92. The summed E-state index contributed by atoms with van der Waals surface area (Å²) in [6, 6.07) is 7.77. The van der Waals surface area contributed by atoms with Gasteiger partial charge in [0, 0.05) is 12.2 Å². The van der Waals surface area contributed by atoms with Crippen molar-refractivity contribution in [3.05, 3.63) is 29.8 Å². The zero-order valence-corrected chi connectivity index (χ0v) is 15.3. The zero-order chi connectivity index (χ0) is 17.7. The van der Waals surface area contributed by atoms with Gasteiger partial charge in [-0.05, 0) is 30.0 Å². The van der Waals surface area contributed by atoms with E-state index in [4.69, 9.17) is 4.74 Å². The Kier molecular flexibility index (Phi) is 6.23. The molecule has 0 radical (unpaired) electrons. The summed E-state index contributed by atoms with van der Waals surface area (Å²) in [5.74, 6) is 0.528. The minimum absolute atomic E-state index is 0.102. The summed E-state index contributed by atoms with van der Waals surface area (Å²) < 4.78 is 31.4. The van der Waals surface area contributed by atoms with Crippen molar-refractivity contribution in [1.29, 1.82) is 0 Å². The standard InChI is InChI=1S/C17H26N2O4S/c1-4-5-10-24(21,22)18-11-16-12-19(17(20)23-16)15-8-6-14(7-9-15)13(2)3/h6-9,13,16,18H,4-5,10-12H2,1-3H3. The molecule has 1 aromatic rings. The number of hydrogen-bond donors (Lipinski definition) is 1. The third-order valence-corrected chi connectivity index (χ3v) is 5.48. The summed E-state index contributed by atoms with van der Waals surface area (Å²) in [5, 5.41) is 0. The van der Waals surface area contributed by atoms with Crippen LogP contribution in [0.4, 0.5) is 10.5 Å². The molecule has 134 valence electrons. The molecule has 0 aromatic heterocycles. The number of cyclic esters (lactones) is 1. The van der Waals surface area contributed by atoms with E-state index in [1.165, 1.54) is 10.5 Å². The lowest BCUT2D eigenvalue weighted by atomic mass is 10.0. The summed E-state index contributed by atoms with van der Waals surface area (Å²) >= 11 is 0. The van der Waals surface area contributed by atoms with E-state index in [9.17, 15) is 13.2 Å². The van der Waals surface area contributed by atoms with Crippen LogP contribution in [0.2, 0.25) is 0 Å². The van der Waals surface area contributed by atoms with E-state index in [-0.39, 0.29) is 12.3 Å². The molecule has 7 heteroatoms. The number of carbonyl (C=O) groups excluding carboxylic acids is 1. The minimum atomic E-state index is -3.31. The number of ether oxygens (including phenoxy) is 1. The molecule has 1 aliphatic rings. The Hall–Kier alpha value is -1.60. The molecule has 0 spiro atoms. The van der Waals surface area contributed by atoms with Crippen LogP contribution in [0.3, 0.4) is 0 Å². The van der Waals surface area contributed by atoms with E-state index in [0.717, 1.165) is 12.1 Å². The lowest BCUT2D eigenvalue weighted by Crippen LogP contribution is -2.35. The number of nitrogens with zero attached hydrogens (tertiary/aromatic N) is 1. The number of rotatable bonds is 8. The SMILES string of the molecule is CCCCS(=O)(=O)NCC1CN(c2ccc(C(C)C)cc2)C(=O)O1. The molecule has 1 unspecified atom stereocenters. The summed E-state index contributed by atoms with van der Waals surface area (Å²) in [7, 11) is -3.31. The van der Waals surface area contributed by atoms with Crippen LogP contribution in [0, 0.1) is 0 Å². The molecule has 24 heavy (non-hydrogen) atoms. The van der Waals surface area contributed by atoms with Crippen molar-refractivity contribution in [1.82, 2.24) is 4.72 Å². The Bertz CT molecular complexity index is 656. The molecular formula is C17H26N2O4S. The van der Waals surface area contributed by atoms with Crippen molar-refractivity contribution in [3.8, 4) is 0 Å². The van der Waals surface area contributed by atoms with Crippen LogP contribution in [0.25, 0.3) is 0 Å². The molecule has 0 bridgehead atoms. The smallest absolute Gasteiger partial charge is 0.414 e. The van der Waals surface area contributed by atoms with Crippen molar-refractivity contribution < 1.29 is 17.9 Å². The highest BCUT2D eigenvalue weighted by Gasteiger charge is 2.32. The normalized spacial score (nSPS) is 18.2. The van der Waals surface area contributed by atoms with E-state index >= 15 is 0 Å². The van der Waals surface area contributed by atoms with Crippen LogP contribution >= 0.6 is 0 Å². The third-order valence-electron chi connectivity index (χ3n) is 4.04. The van der Waals surface area contributed by atoms with Gasteiger partial charge < -0.3 is 4.74 Å². The molecular weight excluding hydrogens is 328 g/mol. The largest absolute Gasteiger partial charge is 0.443 e. The number of anilines is 1. The molecule has 1 heterocycles. The van der Waals surface area contributed by atoms with Gasteiger partial charge in [-0.2, -0.15) is 0 Å². The molecule has 1 atom stereocenters. The Morgan fingerprint density at radius 3 is 2.54 bits per heavy atom. The van der Waals surface area contributed by atoms with Crippen LogP contribution in [0.5, 0.6) is 0 Å². The first kappa shape index (κ1) is 18.7. The van der Waals surface area contributed by atoms with E-state index in [1.54, 1.807) is 0 Å². The maximum absolute atomic E-state index is 12.0. The average molecular weight is 354 g/mol. The number of nitrogens with one attached hydrogen (secondary N) is 1. The summed E-state index contributed by atoms with van der Waals surface area (Å²) in [5.41, 5.74) is 1.97. The van der Waals surface area contributed by atoms with Crippen LogP contribution in [-0.2, 0) is 14.8 Å². The highest BCUT2D eigenvalue weighted by Crippen LogP contribution is 2.24. The molecule has 0 saturated carbocycles. The first-order valence-corrected chi connectivity index (χ1v) is 10.0. The number of sulfonamides is 1. The Morgan fingerprint density at radius 2 is 1.96 bits per heavy atom. The maximum Gasteiger partial charge on any atom is 0.414 e. The Balaban J connectivity index is 1.93. The van der Waals surface area contributed by atoms with Crippen molar-refractivity contribution in [2.45, 2.75) is 45.6 Å². The summed E-state index contributed by atoms with van der Waals surface area (Å²) in [6.45, 7) is 6.62. The van der Waals surface area contributed by atoms with Crippen LogP contribution in [0.1, 0.15) is 45.1 Å². The summed E-state index contributed by atoms with van der Waals surface area (Å²) in [6.07, 6.45) is 0.525. The molecule has 6 nitrogen and oxygen atoms in total. The van der Waals surface area contributed by atoms with Crippen LogP contribution in [-0.4, -0.2) is 39.5 Å². The van der Waals surface area contributed by atoms with Gasteiger partial charge in [0.25, 0.3) is 0 Å². The molecule has 1 N–H and O–H groups in total. The number of carbonyl (C=O) groups is 1. The van der Waals surface area contributed by atoms with Crippen molar-refractivity contribution in [2.75, 3.05) is 23.7 Å². The molecule has 1 aliphatic heterocycles. The molecule has 1 amide bonds. The van der Waals surface area contributed by atoms with Gasteiger partial charge in [-0.25, -0.2) is 17.9 Å². The highest BCUT2D eigenvalue weighted by molar-refractivity contribution is 7.89. The van der Waals surface area contributed by atoms with Crippen LogP contribution in [0.15, 0.2) is 24.3 Å². The topological polar surface area (TPSA) is 75.7 Å². The molecule has 1 fully saturated rings. The van der Waals surface area contributed by atoms with Gasteiger partial charge in [0.2, 0.25) is 10.0 Å². The fourth-order valence-electron chi connectivity index (χ4n) is 2.50.